The van der Waals surface area contributed by atoms with Gasteiger partial charge in [-0.05, 0) is 24.3 Å². The number of nitrogens with one attached hydrogen (secondary N) is 1. The van der Waals surface area contributed by atoms with E-state index in [1.165, 1.54) is 6.26 Å². The number of benzene rings is 1. The molecule has 0 atom stereocenters. The van der Waals surface area contributed by atoms with Gasteiger partial charge in [-0.1, -0.05) is 0 Å². The summed E-state index contributed by atoms with van der Waals surface area (Å²) < 4.78 is 42.6. The molecule has 2 rings (SSSR count). The molecule has 0 saturated heterocycles. The van der Waals surface area contributed by atoms with E-state index in [0.717, 1.165) is 12.1 Å². The molecule has 8 heteroatoms. The number of hydrogen-bond acceptors (Lipinski definition) is 4. The van der Waals surface area contributed by atoms with Gasteiger partial charge in [0.05, 0.1) is 23.3 Å². The van der Waals surface area contributed by atoms with Crippen LogP contribution in [0.1, 0.15) is 11.3 Å². The fourth-order valence-corrected chi connectivity index (χ4v) is 1.60. The number of hydrogen-bond donors (Lipinski definition) is 1. The molecule has 5 nitrogen and oxygen atoms in total. The Morgan fingerprint density at radius 3 is 2.60 bits per heavy atom. The maximum atomic E-state index is 12.5. The van der Waals surface area contributed by atoms with Crippen molar-refractivity contribution in [1.29, 1.82) is 0 Å². The summed E-state index contributed by atoms with van der Waals surface area (Å²) in [5.74, 6) is 0.513. The van der Waals surface area contributed by atoms with Crippen LogP contribution >= 0.6 is 0 Å². The molecule has 0 aliphatic heterocycles. The highest BCUT2D eigenvalue weighted by molar-refractivity contribution is 5.62. The molecule has 1 N–H and O–H groups in total. The van der Waals surface area contributed by atoms with Crippen LogP contribution in [0.25, 0.3) is 0 Å². The topological polar surface area (TPSA) is 68.3 Å². The SMILES string of the molecule is O=[N+]([O-])c1cc(C(F)(F)F)ccc1NCc1ccco1. The van der Waals surface area contributed by atoms with Crippen LogP contribution in [0.5, 0.6) is 0 Å². The molecule has 2 aromatic rings. The van der Waals surface area contributed by atoms with E-state index in [1.54, 1.807) is 12.1 Å². The van der Waals surface area contributed by atoms with Gasteiger partial charge in [0.15, 0.2) is 0 Å². The minimum atomic E-state index is -4.62. The van der Waals surface area contributed by atoms with Crippen molar-refractivity contribution in [3.63, 3.8) is 0 Å². The number of rotatable bonds is 4. The van der Waals surface area contributed by atoms with E-state index < -0.39 is 22.4 Å². The summed E-state index contributed by atoms with van der Waals surface area (Å²) in [5.41, 5.74) is -1.70. The monoisotopic (exact) mass is 286 g/mol. The molecular weight excluding hydrogens is 277 g/mol. The lowest BCUT2D eigenvalue weighted by atomic mass is 10.1. The highest BCUT2D eigenvalue weighted by Crippen LogP contribution is 2.35. The van der Waals surface area contributed by atoms with Gasteiger partial charge < -0.3 is 9.73 Å². The van der Waals surface area contributed by atoms with Gasteiger partial charge in [0.25, 0.3) is 5.69 Å². The zero-order valence-electron chi connectivity index (χ0n) is 9.98. The Morgan fingerprint density at radius 1 is 1.30 bits per heavy atom. The third-order valence-electron chi connectivity index (χ3n) is 2.55. The van der Waals surface area contributed by atoms with Crippen molar-refractivity contribution in [3.05, 3.63) is 58.0 Å². The third-order valence-corrected chi connectivity index (χ3v) is 2.55. The second kappa shape index (κ2) is 5.24. The van der Waals surface area contributed by atoms with Crippen molar-refractivity contribution < 1.29 is 22.5 Å². The van der Waals surface area contributed by atoms with Crippen LogP contribution in [0.15, 0.2) is 41.0 Å². The fraction of sp³-hybridized carbons (Fsp3) is 0.167. The zero-order chi connectivity index (χ0) is 14.8. The van der Waals surface area contributed by atoms with Gasteiger partial charge in [-0.15, -0.1) is 0 Å². The summed E-state index contributed by atoms with van der Waals surface area (Å²) in [6.07, 6.45) is -3.19. The van der Waals surface area contributed by atoms with Gasteiger partial charge in [0.1, 0.15) is 11.4 Å². The molecule has 0 fully saturated rings. The van der Waals surface area contributed by atoms with Crippen LogP contribution in [-0.4, -0.2) is 4.92 Å². The Morgan fingerprint density at radius 2 is 2.05 bits per heavy atom. The number of nitro benzene ring substituents is 1. The summed E-state index contributed by atoms with van der Waals surface area (Å²) >= 11 is 0. The number of anilines is 1. The first-order valence-corrected chi connectivity index (χ1v) is 5.50. The summed E-state index contributed by atoms with van der Waals surface area (Å²) in [6, 6.07) is 5.60. The molecule has 1 aromatic heterocycles. The summed E-state index contributed by atoms with van der Waals surface area (Å²) in [4.78, 5) is 9.98. The summed E-state index contributed by atoms with van der Waals surface area (Å²) in [5, 5.41) is 13.5. The number of nitrogens with zero attached hydrogens (tertiary/aromatic N) is 1. The van der Waals surface area contributed by atoms with E-state index in [2.05, 4.69) is 5.32 Å². The van der Waals surface area contributed by atoms with E-state index in [9.17, 15) is 23.3 Å². The van der Waals surface area contributed by atoms with Crippen molar-refractivity contribution in [3.8, 4) is 0 Å². The Hall–Kier alpha value is -2.51. The van der Waals surface area contributed by atoms with E-state index in [-0.39, 0.29) is 12.2 Å². The average molecular weight is 286 g/mol. The fourth-order valence-electron chi connectivity index (χ4n) is 1.60. The van der Waals surface area contributed by atoms with Gasteiger partial charge in [-0.3, -0.25) is 10.1 Å². The Bertz CT molecular complexity index is 609. The highest BCUT2D eigenvalue weighted by Gasteiger charge is 2.33. The normalized spacial score (nSPS) is 11.3. The largest absolute Gasteiger partial charge is 0.467 e. The second-order valence-electron chi connectivity index (χ2n) is 3.92. The molecule has 0 unspecified atom stereocenters. The number of alkyl halides is 3. The van der Waals surface area contributed by atoms with E-state index in [4.69, 9.17) is 4.42 Å². The van der Waals surface area contributed by atoms with Gasteiger partial charge in [-0.25, -0.2) is 0 Å². The molecule has 0 aliphatic carbocycles. The molecule has 1 heterocycles. The van der Waals surface area contributed by atoms with Crippen molar-refractivity contribution >= 4 is 11.4 Å². The summed E-state index contributed by atoms with van der Waals surface area (Å²) in [6.45, 7) is 0.138. The maximum absolute atomic E-state index is 12.5. The maximum Gasteiger partial charge on any atom is 0.416 e. The van der Waals surface area contributed by atoms with E-state index in [0.29, 0.717) is 11.8 Å². The molecule has 0 radical (unpaired) electrons. The van der Waals surface area contributed by atoms with Crippen LogP contribution in [0.3, 0.4) is 0 Å². The Balaban J connectivity index is 2.26. The van der Waals surface area contributed by atoms with Gasteiger partial charge in [0, 0.05) is 6.07 Å². The van der Waals surface area contributed by atoms with Gasteiger partial charge in [0.2, 0.25) is 0 Å². The lowest BCUT2D eigenvalue weighted by Gasteiger charge is -2.09. The van der Waals surface area contributed by atoms with Crippen LogP contribution in [0.4, 0.5) is 24.5 Å². The third kappa shape index (κ3) is 3.08. The Kier molecular flexibility index (Phi) is 3.64. The van der Waals surface area contributed by atoms with Crippen LogP contribution in [0, 0.1) is 10.1 Å². The number of nitro groups is 1. The van der Waals surface area contributed by atoms with Gasteiger partial charge in [-0.2, -0.15) is 13.2 Å². The highest BCUT2D eigenvalue weighted by atomic mass is 19.4. The van der Waals surface area contributed by atoms with Crippen LogP contribution < -0.4 is 5.32 Å². The lowest BCUT2D eigenvalue weighted by Crippen LogP contribution is -2.08. The lowest BCUT2D eigenvalue weighted by molar-refractivity contribution is -0.384. The quantitative estimate of drug-likeness (QED) is 0.685. The van der Waals surface area contributed by atoms with Crippen LogP contribution in [0.2, 0.25) is 0 Å². The average Bonchev–Trinajstić information content (AvgIpc) is 2.88. The van der Waals surface area contributed by atoms with E-state index >= 15 is 0 Å². The van der Waals surface area contributed by atoms with Crippen molar-refractivity contribution in [2.45, 2.75) is 12.7 Å². The number of halogens is 3. The predicted octanol–water partition coefficient (Wildman–Crippen LogP) is 3.82. The van der Waals surface area contributed by atoms with Gasteiger partial charge >= 0.3 is 6.18 Å². The van der Waals surface area contributed by atoms with E-state index in [1.807, 2.05) is 0 Å². The molecule has 0 saturated carbocycles. The Labute approximate surface area is 111 Å². The minimum absolute atomic E-state index is 0.000556. The molecular formula is C12H9F3N2O3. The molecule has 0 aliphatic rings. The first-order chi connectivity index (χ1) is 9.38. The molecule has 20 heavy (non-hydrogen) atoms. The first kappa shape index (κ1) is 13.9. The minimum Gasteiger partial charge on any atom is -0.467 e. The summed E-state index contributed by atoms with van der Waals surface area (Å²) in [7, 11) is 0. The molecule has 1 aromatic carbocycles. The smallest absolute Gasteiger partial charge is 0.416 e. The van der Waals surface area contributed by atoms with Crippen molar-refractivity contribution in [2.24, 2.45) is 0 Å². The van der Waals surface area contributed by atoms with Crippen molar-refractivity contribution in [2.75, 3.05) is 5.32 Å². The molecule has 0 bridgehead atoms. The predicted molar refractivity (Wildman–Crippen MR) is 64.1 cm³/mol. The first-order valence-electron chi connectivity index (χ1n) is 5.50. The molecule has 0 spiro atoms. The van der Waals surface area contributed by atoms with Crippen molar-refractivity contribution in [1.82, 2.24) is 0 Å². The molecule has 106 valence electrons. The molecule has 0 amide bonds. The number of furan rings is 1. The van der Waals surface area contributed by atoms with Crippen LogP contribution in [-0.2, 0) is 12.7 Å². The second-order valence-corrected chi connectivity index (χ2v) is 3.92. The standard InChI is InChI=1S/C12H9F3N2O3/c13-12(14,15)8-3-4-10(11(6-8)17(18)19)16-7-9-2-1-5-20-9/h1-6,16H,7H2. The zero-order valence-corrected chi connectivity index (χ0v) is 9.98.